The Bertz CT molecular complexity index is 973. The fraction of sp³-hybridized carbons (Fsp3) is 0.440. The number of methoxy groups -OCH3 is 1. The molecular weight excluding hydrogens is 459 g/mol. The summed E-state index contributed by atoms with van der Waals surface area (Å²) in [5, 5.41) is 0.587. The van der Waals surface area contributed by atoms with Crippen molar-refractivity contribution in [2.45, 2.75) is 37.4 Å². The number of piperazine rings is 1. The standard InChI is InChI=1S/C25H32ClFN4O3/c1-16(23(24(29)32)18-5-7-19(26)8-6-18)30-11-12-31(21(14-30)15-34-2)25(33)22(28)13-17-3-9-20(27)10-4-17/h3-10,16,21-23H,11-15,28H2,1-2H3,(H2,29,32). The van der Waals surface area contributed by atoms with E-state index in [1.54, 1.807) is 36.3 Å². The van der Waals surface area contributed by atoms with Crippen LogP contribution in [0.25, 0.3) is 0 Å². The molecule has 0 bridgehead atoms. The molecule has 7 nitrogen and oxygen atoms in total. The van der Waals surface area contributed by atoms with E-state index in [0.29, 0.717) is 37.7 Å². The molecule has 1 heterocycles. The number of carbonyl (C=O) groups is 2. The van der Waals surface area contributed by atoms with Crippen LogP contribution in [0, 0.1) is 5.82 Å². The first kappa shape index (κ1) is 26.1. The zero-order valence-electron chi connectivity index (χ0n) is 19.5. The predicted octanol–water partition coefficient (Wildman–Crippen LogP) is 2.17. The van der Waals surface area contributed by atoms with Crippen LogP contribution in [0.4, 0.5) is 4.39 Å². The van der Waals surface area contributed by atoms with Crippen LogP contribution in [0.15, 0.2) is 48.5 Å². The van der Waals surface area contributed by atoms with E-state index in [1.165, 1.54) is 12.1 Å². The molecule has 184 valence electrons. The molecule has 1 fully saturated rings. The number of amides is 2. The molecule has 1 saturated heterocycles. The molecule has 0 aromatic heterocycles. The number of hydrogen-bond donors (Lipinski definition) is 2. The molecule has 0 spiro atoms. The number of nitrogens with two attached hydrogens (primary N) is 2. The van der Waals surface area contributed by atoms with Gasteiger partial charge >= 0.3 is 0 Å². The molecule has 2 amide bonds. The van der Waals surface area contributed by atoms with Crippen LogP contribution in [0.1, 0.15) is 24.0 Å². The molecule has 1 aliphatic rings. The summed E-state index contributed by atoms with van der Waals surface area (Å²) in [6, 6.07) is 11.9. The molecule has 4 N–H and O–H groups in total. The Morgan fingerprint density at radius 1 is 1.15 bits per heavy atom. The van der Waals surface area contributed by atoms with Crippen LogP contribution in [0.2, 0.25) is 5.02 Å². The first-order valence-corrected chi connectivity index (χ1v) is 11.7. The highest BCUT2D eigenvalue weighted by atomic mass is 35.5. The molecule has 4 unspecified atom stereocenters. The number of ether oxygens (including phenoxy) is 1. The van der Waals surface area contributed by atoms with Gasteiger partial charge in [-0.2, -0.15) is 0 Å². The van der Waals surface area contributed by atoms with Crippen LogP contribution in [-0.4, -0.2) is 73.1 Å². The van der Waals surface area contributed by atoms with Gasteiger partial charge < -0.3 is 21.1 Å². The predicted molar refractivity (Wildman–Crippen MR) is 130 cm³/mol. The topological polar surface area (TPSA) is 102 Å². The highest BCUT2D eigenvalue weighted by Crippen LogP contribution is 2.27. The maximum absolute atomic E-state index is 13.2. The van der Waals surface area contributed by atoms with Gasteiger partial charge in [-0.3, -0.25) is 14.5 Å². The molecule has 1 aliphatic heterocycles. The fourth-order valence-corrected chi connectivity index (χ4v) is 4.74. The smallest absolute Gasteiger partial charge is 0.240 e. The van der Waals surface area contributed by atoms with Crippen molar-refractivity contribution >= 4 is 23.4 Å². The van der Waals surface area contributed by atoms with Gasteiger partial charge in [-0.05, 0) is 48.7 Å². The molecule has 0 radical (unpaired) electrons. The Balaban J connectivity index is 1.71. The van der Waals surface area contributed by atoms with Crippen molar-refractivity contribution in [3.05, 3.63) is 70.5 Å². The molecule has 4 atom stereocenters. The van der Waals surface area contributed by atoms with Crippen molar-refractivity contribution in [2.24, 2.45) is 11.5 Å². The average molecular weight is 491 g/mol. The van der Waals surface area contributed by atoms with Gasteiger partial charge in [-0.1, -0.05) is 35.9 Å². The fourth-order valence-electron chi connectivity index (χ4n) is 4.61. The lowest BCUT2D eigenvalue weighted by molar-refractivity contribution is -0.140. The number of hydrogen-bond acceptors (Lipinski definition) is 5. The van der Waals surface area contributed by atoms with E-state index < -0.39 is 17.9 Å². The molecule has 9 heteroatoms. The van der Waals surface area contributed by atoms with E-state index >= 15 is 0 Å². The zero-order chi connectivity index (χ0) is 24.8. The van der Waals surface area contributed by atoms with Crippen LogP contribution >= 0.6 is 11.6 Å². The summed E-state index contributed by atoms with van der Waals surface area (Å²) >= 11 is 6.00. The summed E-state index contributed by atoms with van der Waals surface area (Å²) in [6.07, 6.45) is 0.315. The molecule has 3 rings (SSSR count). The first-order valence-electron chi connectivity index (χ1n) is 11.3. The Labute approximate surface area is 204 Å². The molecule has 2 aromatic rings. The van der Waals surface area contributed by atoms with Crippen molar-refractivity contribution in [2.75, 3.05) is 33.4 Å². The lowest BCUT2D eigenvalue weighted by atomic mass is 9.90. The Morgan fingerprint density at radius 3 is 2.38 bits per heavy atom. The van der Waals surface area contributed by atoms with E-state index in [0.717, 1.165) is 11.1 Å². The molecular formula is C25H32ClFN4O3. The number of nitrogens with zero attached hydrogens (tertiary/aromatic N) is 2. The summed E-state index contributed by atoms with van der Waals surface area (Å²) < 4.78 is 18.6. The van der Waals surface area contributed by atoms with Crippen LogP contribution in [-0.2, 0) is 20.7 Å². The average Bonchev–Trinajstić information content (AvgIpc) is 2.81. The van der Waals surface area contributed by atoms with Crippen LogP contribution < -0.4 is 11.5 Å². The lowest BCUT2D eigenvalue weighted by Crippen LogP contribution is -2.62. The maximum atomic E-state index is 13.2. The number of halogens is 2. The highest BCUT2D eigenvalue weighted by Gasteiger charge is 2.37. The third-order valence-electron chi connectivity index (χ3n) is 6.44. The van der Waals surface area contributed by atoms with Gasteiger partial charge in [0.25, 0.3) is 0 Å². The van der Waals surface area contributed by atoms with Crippen molar-refractivity contribution in [3.63, 3.8) is 0 Å². The van der Waals surface area contributed by atoms with E-state index in [2.05, 4.69) is 4.90 Å². The van der Waals surface area contributed by atoms with Crippen LogP contribution in [0.3, 0.4) is 0 Å². The normalized spacial score (nSPS) is 19.4. The summed E-state index contributed by atoms with van der Waals surface area (Å²) in [4.78, 5) is 29.5. The SMILES string of the molecule is COCC1CN(C(C)C(C(N)=O)c2ccc(Cl)cc2)CCN1C(=O)C(N)Cc1ccc(F)cc1. The largest absolute Gasteiger partial charge is 0.382 e. The van der Waals surface area contributed by atoms with Gasteiger partial charge in [0.05, 0.1) is 24.6 Å². The lowest BCUT2D eigenvalue weighted by Gasteiger charge is -2.45. The Morgan fingerprint density at radius 2 is 1.79 bits per heavy atom. The monoisotopic (exact) mass is 490 g/mol. The second kappa shape index (κ2) is 11.8. The number of rotatable bonds is 9. The Kier molecular flexibility index (Phi) is 9.02. The third kappa shape index (κ3) is 6.33. The molecule has 2 aromatic carbocycles. The molecule has 0 saturated carbocycles. The minimum Gasteiger partial charge on any atom is -0.382 e. The highest BCUT2D eigenvalue weighted by molar-refractivity contribution is 6.30. The summed E-state index contributed by atoms with van der Waals surface area (Å²) in [7, 11) is 1.59. The van der Waals surface area contributed by atoms with Gasteiger partial charge in [0.15, 0.2) is 0 Å². The van der Waals surface area contributed by atoms with E-state index in [-0.39, 0.29) is 23.8 Å². The van der Waals surface area contributed by atoms with Crippen molar-refractivity contribution in [3.8, 4) is 0 Å². The van der Waals surface area contributed by atoms with E-state index in [4.69, 9.17) is 27.8 Å². The molecule has 0 aliphatic carbocycles. The number of carbonyl (C=O) groups excluding carboxylic acids is 2. The number of primary amides is 1. The van der Waals surface area contributed by atoms with Crippen molar-refractivity contribution in [1.82, 2.24) is 9.80 Å². The molecule has 34 heavy (non-hydrogen) atoms. The number of benzene rings is 2. The summed E-state index contributed by atoms with van der Waals surface area (Å²) in [5.74, 6) is -1.45. The van der Waals surface area contributed by atoms with Gasteiger partial charge in [0.1, 0.15) is 5.82 Å². The first-order chi connectivity index (χ1) is 16.2. The second-order valence-electron chi connectivity index (χ2n) is 8.75. The Hall–Kier alpha value is -2.52. The van der Waals surface area contributed by atoms with Crippen molar-refractivity contribution < 1.29 is 18.7 Å². The van der Waals surface area contributed by atoms with E-state index in [9.17, 15) is 14.0 Å². The van der Waals surface area contributed by atoms with Gasteiger partial charge in [-0.15, -0.1) is 0 Å². The minimum absolute atomic E-state index is 0.178. The quantitative estimate of drug-likeness (QED) is 0.561. The maximum Gasteiger partial charge on any atom is 0.240 e. The van der Waals surface area contributed by atoms with E-state index in [1.807, 2.05) is 19.1 Å². The zero-order valence-corrected chi connectivity index (χ0v) is 20.2. The van der Waals surface area contributed by atoms with Gasteiger partial charge in [0, 0.05) is 37.8 Å². The van der Waals surface area contributed by atoms with Gasteiger partial charge in [-0.25, -0.2) is 4.39 Å². The summed E-state index contributed by atoms with van der Waals surface area (Å²) in [5.41, 5.74) is 13.6. The second-order valence-corrected chi connectivity index (χ2v) is 9.18. The minimum atomic E-state index is -0.749. The van der Waals surface area contributed by atoms with Crippen LogP contribution in [0.5, 0.6) is 0 Å². The third-order valence-corrected chi connectivity index (χ3v) is 6.69. The summed E-state index contributed by atoms with van der Waals surface area (Å²) in [6.45, 7) is 3.82. The van der Waals surface area contributed by atoms with Crippen molar-refractivity contribution in [1.29, 1.82) is 0 Å². The van der Waals surface area contributed by atoms with Gasteiger partial charge in [0.2, 0.25) is 11.8 Å².